The zero-order valence-corrected chi connectivity index (χ0v) is 19.4. The van der Waals surface area contributed by atoms with Crippen molar-refractivity contribution in [1.29, 1.82) is 0 Å². The molecule has 126 valence electrons. The van der Waals surface area contributed by atoms with Crippen LogP contribution in [0.15, 0.2) is 77.7 Å². The maximum absolute atomic E-state index is 6.13. The van der Waals surface area contributed by atoms with Crippen LogP contribution in [0.3, 0.4) is 0 Å². The van der Waals surface area contributed by atoms with Crippen molar-refractivity contribution in [2.45, 2.75) is 14.8 Å². The number of hydrogen-bond acceptors (Lipinski definition) is 3. The second-order valence-electron chi connectivity index (χ2n) is 5.56. The summed E-state index contributed by atoms with van der Waals surface area (Å²) in [6.45, 7) is 0. The number of para-hydroxylation sites is 2. The molecule has 0 aliphatic heterocycles. The van der Waals surface area contributed by atoms with Crippen molar-refractivity contribution in [2.75, 3.05) is 0 Å². The molecule has 0 N–H and O–H groups in total. The van der Waals surface area contributed by atoms with Crippen molar-refractivity contribution in [2.24, 2.45) is 0 Å². The van der Waals surface area contributed by atoms with E-state index in [0.29, 0.717) is 0 Å². The molecule has 0 bridgehead atoms. The van der Waals surface area contributed by atoms with Crippen LogP contribution < -0.4 is 13.9 Å². The van der Waals surface area contributed by atoms with Gasteiger partial charge in [0.05, 0.1) is 0 Å². The van der Waals surface area contributed by atoms with Gasteiger partial charge in [-0.1, -0.05) is 0 Å². The molecule has 25 heavy (non-hydrogen) atoms. The molecule has 3 aromatic rings. The van der Waals surface area contributed by atoms with Crippen LogP contribution in [0.1, 0.15) is 0 Å². The van der Waals surface area contributed by atoms with Crippen molar-refractivity contribution in [3.8, 4) is 23.0 Å². The fourth-order valence-electron chi connectivity index (χ4n) is 2.22. The molecule has 0 aromatic heterocycles. The molecule has 3 aromatic carbocycles. The van der Waals surface area contributed by atoms with E-state index >= 15 is 0 Å². The number of ether oxygens (including phenoxy) is 2. The average Bonchev–Trinajstić information content (AvgIpc) is 2.62. The predicted octanol–water partition coefficient (Wildman–Crippen LogP) is 5.41. The third-order valence-electron chi connectivity index (χ3n) is 3.29. The van der Waals surface area contributed by atoms with Gasteiger partial charge in [-0.05, 0) is 0 Å². The number of benzene rings is 3. The molecule has 0 atom stereocenters. The quantitative estimate of drug-likeness (QED) is 0.406. The summed E-state index contributed by atoms with van der Waals surface area (Å²) in [6.07, 6.45) is 0. The molecule has 3 rings (SSSR count). The first kappa shape index (κ1) is 18.7. The Morgan fingerprint density at radius 3 is 1.72 bits per heavy atom. The molecule has 0 fully saturated rings. The van der Waals surface area contributed by atoms with Crippen LogP contribution in [0.5, 0.6) is 23.0 Å². The van der Waals surface area contributed by atoms with Gasteiger partial charge in [-0.25, -0.2) is 0 Å². The second-order valence-corrected chi connectivity index (χ2v) is 19.4. The molecular weight excluding hydrogens is 502 g/mol. The van der Waals surface area contributed by atoms with Crippen LogP contribution in [0.25, 0.3) is 0 Å². The molecule has 0 saturated heterocycles. The third-order valence-corrected chi connectivity index (χ3v) is 10.7. The number of hydrogen-bond donors (Lipinski definition) is 0. The molecule has 0 saturated carbocycles. The molecule has 0 heterocycles. The van der Waals surface area contributed by atoms with E-state index < -0.39 is 18.4 Å². The van der Waals surface area contributed by atoms with Crippen molar-refractivity contribution in [3.05, 3.63) is 72.8 Å². The predicted molar refractivity (Wildman–Crippen MR) is 108 cm³/mol. The summed E-state index contributed by atoms with van der Waals surface area (Å²) >= 11 is 1.74. The van der Waals surface area contributed by atoms with Crippen LogP contribution >= 0.6 is 8.95 Å². The Bertz CT molecular complexity index is 826. The first-order chi connectivity index (χ1) is 12.1. The Hall–Kier alpha value is -1.07. The van der Waals surface area contributed by atoms with E-state index in [1.807, 2.05) is 81.7 Å². The standard InChI is InChI=1S/C18H13O2SSe.2CH3.Sn/c21-17-15(19-13-7-3-1-4-8-13)11-12-16(18(17)22)20-14-9-5-2-6-10-14;;;/h1-12,21H;2*1H3;/q;;;+1/p-1. The van der Waals surface area contributed by atoms with E-state index in [4.69, 9.17) is 9.47 Å². The average molecular weight is 520 g/mol. The van der Waals surface area contributed by atoms with Crippen LogP contribution in [0.4, 0.5) is 0 Å². The van der Waals surface area contributed by atoms with Crippen LogP contribution in [-0.4, -0.2) is 34.4 Å². The zero-order chi connectivity index (χ0) is 17.6. The Morgan fingerprint density at radius 1 is 0.720 bits per heavy atom. The Balaban J connectivity index is 1.94. The monoisotopic (exact) mass is 522 g/mol. The van der Waals surface area contributed by atoms with Gasteiger partial charge in [0.25, 0.3) is 0 Å². The molecular formula is C20H18O2SSeSn. The summed E-state index contributed by atoms with van der Waals surface area (Å²) in [6, 6.07) is 23.7. The molecule has 0 aliphatic rings. The molecule has 0 unspecified atom stereocenters. The van der Waals surface area contributed by atoms with Gasteiger partial charge in [-0.15, -0.1) is 0 Å². The molecule has 0 aliphatic carbocycles. The summed E-state index contributed by atoms with van der Waals surface area (Å²) in [5, 5.41) is 0. The van der Waals surface area contributed by atoms with E-state index in [1.165, 1.54) is 0 Å². The Labute approximate surface area is 166 Å². The fourth-order valence-corrected chi connectivity index (χ4v) is 10.4. The summed E-state index contributed by atoms with van der Waals surface area (Å²) in [7, 11) is 1.96. The summed E-state index contributed by atoms with van der Waals surface area (Å²) < 4.78 is 13.2. The van der Waals surface area contributed by atoms with Crippen LogP contribution in [-0.2, 0) is 0 Å². The fraction of sp³-hybridized carbons (Fsp3) is 0.100. The van der Waals surface area contributed by atoms with Gasteiger partial charge < -0.3 is 0 Å². The summed E-state index contributed by atoms with van der Waals surface area (Å²) in [4.78, 5) is 5.88. The normalized spacial score (nSPS) is 10.7. The summed E-state index contributed by atoms with van der Waals surface area (Å²) in [5.41, 5.74) is 0. The van der Waals surface area contributed by atoms with E-state index in [2.05, 4.69) is 25.9 Å². The van der Waals surface area contributed by atoms with Gasteiger partial charge in [0.1, 0.15) is 0 Å². The van der Waals surface area contributed by atoms with Gasteiger partial charge in [0.2, 0.25) is 0 Å². The SMILES string of the molecule is [CH3][Sn]([CH3])[S]c1c(Oc2ccccc2)ccc(Oc2ccccc2)c1[Se]. The van der Waals surface area contributed by atoms with Gasteiger partial charge in [0.15, 0.2) is 0 Å². The minimum absolute atomic E-state index is 0.832. The van der Waals surface area contributed by atoms with Crippen molar-refractivity contribution < 1.29 is 9.47 Å². The first-order valence-electron chi connectivity index (χ1n) is 7.91. The molecule has 2 nitrogen and oxygen atoms in total. The molecule has 0 spiro atoms. The van der Waals surface area contributed by atoms with E-state index in [1.54, 1.807) is 0 Å². The van der Waals surface area contributed by atoms with E-state index in [0.717, 1.165) is 32.4 Å². The van der Waals surface area contributed by atoms with Crippen LogP contribution in [0.2, 0.25) is 9.88 Å². The van der Waals surface area contributed by atoms with E-state index in [-0.39, 0.29) is 0 Å². The number of rotatable bonds is 6. The third kappa shape index (κ3) is 5.20. The zero-order valence-electron chi connectivity index (χ0n) is 14.1. The second kappa shape index (κ2) is 9.04. The minimum atomic E-state index is -1.46. The van der Waals surface area contributed by atoms with Gasteiger partial charge in [0, 0.05) is 0 Å². The Morgan fingerprint density at radius 2 is 1.20 bits per heavy atom. The van der Waals surface area contributed by atoms with Crippen molar-refractivity contribution in [3.63, 3.8) is 0 Å². The topological polar surface area (TPSA) is 18.5 Å². The van der Waals surface area contributed by atoms with Crippen molar-refractivity contribution >= 4 is 47.8 Å². The molecule has 2 radical (unpaired) electrons. The summed E-state index contributed by atoms with van der Waals surface area (Å²) in [5.74, 6) is 3.39. The van der Waals surface area contributed by atoms with Crippen molar-refractivity contribution in [1.82, 2.24) is 0 Å². The van der Waals surface area contributed by atoms with Gasteiger partial charge in [-0.3, -0.25) is 0 Å². The van der Waals surface area contributed by atoms with Gasteiger partial charge >= 0.3 is 168 Å². The maximum atomic E-state index is 6.13. The van der Waals surface area contributed by atoms with Crippen LogP contribution in [0, 0.1) is 0 Å². The van der Waals surface area contributed by atoms with Gasteiger partial charge in [-0.2, -0.15) is 0 Å². The molecule has 5 heteroatoms. The molecule has 0 amide bonds. The Kier molecular flexibility index (Phi) is 6.76. The van der Waals surface area contributed by atoms with E-state index in [9.17, 15) is 0 Å². The first-order valence-corrected chi connectivity index (χ1v) is 18.8.